The third-order valence-corrected chi connectivity index (χ3v) is 8.15. The molecule has 34 heavy (non-hydrogen) atoms. The molecule has 5 rings (SSSR count). The zero-order chi connectivity index (χ0) is 24.0. The number of aryl methyl sites for hydroxylation is 2. The first-order valence-electron chi connectivity index (χ1n) is 12.6. The average Bonchev–Trinajstić information content (AvgIpc) is 3.47. The lowest BCUT2D eigenvalue weighted by Crippen LogP contribution is -2.49. The Morgan fingerprint density at radius 3 is 2.47 bits per heavy atom. The number of nitrogens with zero attached hydrogens (tertiary/aromatic N) is 3. The first-order valence-corrected chi connectivity index (χ1v) is 12.6. The highest BCUT2D eigenvalue weighted by atomic mass is 16.5. The van der Waals surface area contributed by atoms with E-state index < -0.39 is 11.3 Å². The van der Waals surface area contributed by atoms with Crippen LogP contribution in [-0.4, -0.2) is 51.3 Å². The Bertz CT molecular complexity index is 1140. The van der Waals surface area contributed by atoms with Crippen LogP contribution in [0.4, 0.5) is 0 Å². The fourth-order valence-electron chi connectivity index (χ4n) is 6.37. The van der Waals surface area contributed by atoms with E-state index in [2.05, 4.69) is 37.0 Å². The number of aromatic hydroxyl groups is 1. The van der Waals surface area contributed by atoms with Crippen LogP contribution in [0, 0.1) is 13.8 Å². The molecule has 2 atom stereocenters. The van der Waals surface area contributed by atoms with Crippen LogP contribution in [0.25, 0.3) is 0 Å². The minimum Gasteiger partial charge on any atom is -0.501 e. The molecule has 7 nitrogen and oxygen atoms in total. The van der Waals surface area contributed by atoms with Crippen LogP contribution in [0.3, 0.4) is 0 Å². The van der Waals surface area contributed by atoms with Crippen LogP contribution in [0.1, 0.15) is 77.9 Å². The van der Waals surface area contributed by atoms with E-state index >= 15 is 0 Å². The molecule has 3 aliphatic rings. The van der Waals surface area contributed by atoms with Gasteiger partial charge in [0.15, 0.2) is 5.69 Å². The number of carbonyl (C=O) groups is 1. The summed E-state index contributed by atoms with van der Waals surface area (Å²) in [5, 5.41) is 10.6. The topological polar surface area (TPSA) is 84.7 Å². The molecule has 2 aromatic rings. The molecule has 0 unspecified atom stereocenters. The number of carbonyl (C=O) groups excluding carboxylic acids is 1. The number of aromatic nitrogens is 2. The van der Waals surface area contributed by atoms with Gasteiger partial charge in [-0.3, -0.25) is 9.59 Å². The SMILES string of the molecule is Cc1cc(C)cc(C2(Cc3nc(=O)c(O)c4n3C[C@H](C[C@H]3CCCO3)N(C)C4=O)CCCC2)c1. The van der Waals surface area contributed by atoms with Crippen molar-refractivity contribution in [3.63, 3.8) is 0 Å². The van der Waals surface area contributed by atoms with Crippen molar-refractivity contribution in [1.82, 2.24) is 14.5 Å². The second-order valence-electron chi connectivity index (χ2n) is 10.6. The van der Waals surface area contributed by atoms with Gasteiger partial charge in [0.25, 0.3) is 5.91 Å². The van der Waals surface area contributed by atoms with Gasteiger partial charge in [-0.1, -0.05) is 42.2 Å². The van der Waals surface area contributed by atoms with Crippen molar-refractivity contribution in [2.75, 3.05) is 13.7 Å². The van der Waals surface area contributed by atoms with Crippen molar-refractivity contribution >= 4 is 5.91 Å². The lowest BCUT2D eigenvalue weighted by molar-refractivity contribution is 0.0461. The quantitative estimate of drug-likeness (QED) is 0.729. The van der Waals surface area contributed by atoms with E-state index in [0.29, 0.717) is 18.8 Å². The van der Waals surface area contributed by atoms with E-state index in [1.54, 1.807) is 11.9 Å². The molecule has 3 heterocycles. The molecule has 2 aliphatic heterocycles. The summed E-state index contributed by atoms with van der Waals surface area (Å²) in [6.07, 6.45) is 7.83. The Morgan fingerprint density at radius 2 is 1.82 bits per heavy atom. The number of benzene rings is 1. The van der Waals surface area contributed by atoms with Crippen molar-refractivity contribution in [3.05, 3.63) is 56.8 Å². The normalized spacial score (nSPS) is 24.0. The van der Waals surface area contributed by atoms with Crippen LogP contribution < -0.4 is 5.56 Å². The molecule has 2 fully saturated rings. The summed E-state index contributed by atoms with van der Waals surface area (Å²) in [5.41, 5.74) is 2.99. The Hall–Kier alpha value is -2.67. The first-order chi connectivity index (χ1) is 16.3. The minimum absolute atomic E-state index is 0.0636. The number of hydrogen-bond donors (Lipinski definition) is 1. The smallest absolute Gasteiger partial charge is 0.315 e. The highest BCUT2D eigenvalue weighted by molar-refractivity contribution is 5.95. The molecule has 182 valence electrons. The molecule has 1 amide bonds. The van der Waals surface area contributed by atoms with Crippen molar-refractivity contribution in [1.29, 1.82) is 0 Å². The fraction of sp³-hybridized carbons (Fsp3) is 0.593. The van der Waals surface area contributed by atoms with Crippen molar-refractivity contribution in [3.8, 4) is 5.75 Å². The fourth-order valence-corrected chi connectivity index (χ4v) is 6.37. The summed E-state index contributed by atoms with van der Waals surface area (Å²) < 4.78 is 7.68. The second-order valence-corrected chi connectivity index (χ2v) is 10.6. The molecular weight excluding hydrogens is 430 g/mol. The molecule has 1 saturated heterocycles. The molecule has 1 aromatic heterocycles. The maximum Gasteiger partial charge on any atom is 0.315 e. The zero-order valence-corrected chi connectivity index (χ0v) is 20.5. The number of likely N-dealkylation sites (N-methyl/N-ethyl adjacent to an activating group) is 1. The van der Waals surface area contributed by atoms with E-state index in [4.69, 9.17) is 4.74 Å². The van der Waals surface area contributed by atoms with Gasteiger partial charge in [0.2, 0.25) is 5.75 Å². The van der Waals surface area contributed by atoms with Crippen molar-refractivity contribution in [2.45, 2.75) is 89.3 Å². The summed E-state index contributed by atoms with van der Waals surface area (Å²) >= 11 is 0. The van der Waals surface area contributed by atoms with Gasteiger partial charge in [0.1, 0.15) is 5.82 Å². The zero-order valence-electron chi connectivity index (χ0n) is 20.5. The third-order valence-electron chi connectivity index (χ3n) is 8.15. The van der Waals surface area contributed by atoms with Gasteiger partial charge in [-0.25, -0.2) is 0 Å². The number of hydrogen-bond acceptors (Lipinski definition) is 5. The predicted molar refractivity (Wildman–Crippen MR) is 129 cm³/mol. The van der Waals surface area contributed by atoms with E-state index in [1.807, 2.05) is 4.57 Å². The highest BCUT2D eigenvalue weighted by Gasteiger charge is 2.41. The minimum atomic E-state index is -0.714. The molecule has 1 N–H and O–H groups in total. The second kappa shape index (κ2) is 8.84. The summed E-state index contributed by atoms with van der Waals surface area (Å²) in [7, 11) is 1.75. The van der Waals surface area contributed by atoms with Gasteiger partial charge in [-0.15, -0.1) is 0 Å². The predicted octanol–water partition coefficient (Wildman–Crippen LogP) is 3.64. The summed E-state index contributed by atoms with van der Waals surface area (Å²) in [5.74, 6) is -0.250. The summed E-state index contributed by atoms with van der Waals surface area (Å²) in [4.78, 5) is 32.0. The van der Waals surface area contributed by atoms with Gasteiger partial charge in [0, 0.05) is 32.0 Å². The van der Waals surface area contributed by atoms with Crippen LogP contribution in [0.15, 0.2) is 23.0 Å². The Balaban J connectivity index is 1.56. The number of fused-ring (bicyclic) bond motifs is 1. The van der Waals surface area contributed by atoms with Crippen molar-refractivity contribution in [2.24, 2.45) is 0 Å². The summed E-state index contributed by atoms with van der Waals surface area (Å²) in [6.45, 7) is 5.52. The average molecular weight is 466 g/mol. The van der Waals surface area contributed by atoms with E-state index in [1.165, 1.54) is 16.7 Å². The monoisotopic (exact) mass is 465 g/mol. The molecular formula is C27H35N3O4. The molecule has 0 spiro atoms. The van der Waals surface area contributed by atoms with E-state index in [-0.39, 0.29) is 29.2 Å². The van der Waals surface area contributed by atoms with Gasteiger partial charge in [0.05, 0.1) is 12.1 Å². The van der Waals surface area contributed by atoms with Gasteiger partial charge >= 0.3 is 5.56 Å². The number of ether oxygens (including phenoxy) is 1. The molecule has 1 aliphatic carbocycles. The van der Waals surface area contributed by atoms with Crippen LogP contribution in [-0.2, 0) is 23.1 Å². The van der Waals surface area contributed by atoms with Gasteiger partial charge < -0.3 is 19.3 Å². The lowest BCUT2D eigenvalue weighted by atomic mass is 9.75. The molecule has 0 bridgehead atoms. The van der Waals surface area contributed by atoms with E-state index in [0.717, 1.165) is 51.6 Å². The first kappa shape index (κ1) is 23.1. The van der Waals surface area contributed by atoms with Gasteiger partial charge in [-0.2, -0.15) is 4.98 Å². The number of amides is 1. The van der Waals surface area contributed by atoms with Crippen molar-refractivity contribution < 1.29 is 14.6 Å². The summed E-state index contributed by atoms with van der Waals surface area (Å²) in [6, 6.07) is 6.63. The number of rotatable bonds is 5. The Morgan fingerprint density at radius 1 is 1.12 bits per heavy atom. The largest absolute Gasteiger partial charge is 0.501 e. The third kappa shape index (κ3) is 4.04. The van der Waals surface area contributed by atoms with Crippen LogP contribution in [0.5, 0.6) is 5.75 Å². The van der Waals surface area contributed by atoms with E-state index in [9.17, 15) is 14.7 Å². The van der Waals surface area contributed by atoms with Crippen LogP contribution in [0.2, 0.25) is 0 Å². The Kier molecular flexibility index (Phi) is 6.00. The lowest BCUT2D eigenvalue weighted by Gasteiger charge is -2.38. The molecule has 1 saturated carbocycles. The standard InChI is InChI=1S/C27H35N3O4/c1-17-11-18(2)13-19(12-17)27(8-4-5-9-27)15-22-28-25(32)24(31)23-26(33)29(3)20(16-30(22)23)14-21-7-6-10-34-21/h11-13,20-21,31H,4-10,14-16H2,1-3H3/t20-,21+/m0/s1. The molecule has 7 heteroatoms. The maximum absolute atomic E-state index is 13.3. The van der Waals surface area contributed by atoms with Crippen LogP contribution >= 0.6 is 0 Å². The highest BCUT2D eigenvalue weighted by Crippen LogP contribution is 2.44. The maximum atomic E-state index is 13.3. The Labute approximate surface area is 200 Å². The molecule has 0 radical (unpaired) electrons. The van der Waals surface area contributed by atoms with Gasteiger partial charge in [-0.05, 0) is 51.5 Å². The molecule has 1 aromatic carbocycles.